The molecule has 0 saturated carbocycles. The Morgan fingerprint density at radius 3 is 2.27 bits per heavy atom. The van der Waals surface area contributed by atoms with Crippen LogP contribution in [0.4, 0.5) is 5.69 Å². The lowest BCUT2D eigenvalue weighted by Gasteiger charge is -2.23. The average molecular weight is 413 g/mol. The maximum atomic E-state index is 12.7. The van der Waals surface area contributed by atoms with Gasteiger partial charge in [0.2, 0.25) is 11.8 Å². The van der Waals surface area contributed by atoms with Gasteiger partial charge in [0, 0.05) is 46.2 Å². The Bertz CT molecular complexity index is 1110. The maximum absolute atomic E-state index is 12.7. The minimum absolute atomic E-state index is 0.0619. The van der Waals surface area contributed by atoms with E-state index in [1.54, 1.807) is 0 Å². The average Bonchev–Trinajstić information content (AvgIpc) is 3.18. The number of anilines is 1. The zero-order chi connectivity index (χ0) is 22.2. The van der Waals surface area contributed by atoms with E-state index in [0.717, 1.165) is 33.5 Å². The first-order valence-electron chi connectivity index (χ1n) is 9.92. The highest BCUT2D eigenvalue weighted by Gasteiger charge is 2.34. The van der Waals surface area contributed by atoms with Crippen molar-refractivity contribution in [3.05, 3.63) is 56.2 Å². The van der Waals surface area contributed by atoms with Crippen LogP contribution in [0.3, 0.4) is 0 Å². The fraction of sp³-hybridized carbons (Fsp3) is 0.429. The Morgan fingerprint density at radius 2 is 1.73 bits per heavy atom. The lowest BCUT2D eigenvalue weighted by atomic mass is 9.98. The van der Waals surface area contributed by atoms with E-state index >= 15 is 0 Å². The van der Waals surface area contributed by atoms with Gasteiger partial charge in [0.25, 0.3) is 5.56 Å². The molecule has 0 bridgehead atoms. The van der Waals surface area contributed by atoms with Crippen LogP contribution in [0.15, 0.2) is 39.0 Å². The molecule has 0 unspecified atom stereocenters. The molecule has 1 aliphatic heterocycles. The van der Waals surface area contributed by atoms with Gasteiger partial charge in [-0.15, -0.1) is 0 Å². The molecule has 1 N–H and O–H groups in total. The number of hydrazone groups is 1. The number of amides is 1. The van der Waals surface area contributed by atoms with Gasteiger partial charge in [-0.3, -0.25) is 18.7 Å². The third-order valence-electron chi connectivity index (χ3n) is 5.56. The van der Waals surface area contributed by atoms with Crippen molar-refractivity contribution in [2.45, 2.75) is 33.2 Å². The predicted molar refractivity (Wildman–Crippen MR) is 115 cm³/mol. The second-order valence-electron chi connectivity index (χ2n) is 7.30. The number of rotatable bonds is 5. The summed E-state index contributed by atoms with van der Waals surface area (Å²) >= 11 is 0. The highest BCUT2D eigenvalue weighted by molar-refractivity contribution is 6.04. The van der Waals surface area contributed by atoms with Crippen molar-refractivity contribution in [1.82, 2.24) is 14.1 Å². The third-order valence-corrected chi connectivity index (χ3v) is 5.56. The Balaban J connectivity index is 2.02. The monoisotopic (exact) mass is 413 g/mol. The molecular weight excluding hydrogens is 386 g/mol. The summed E-state index contributed by atoms with van der Waals surface area (Å²) in [5.41, 5.74) is 0.898. The van der Waals surface area contributed by atoms with E-state index in [4.69, 9.17) is 0 Å². The summed E-state index contributed by atoms with van der Waals surface area (Å²) in [7, 11) is 2.72. The molecule has 9 nitrogen and oxygen atoms in total. The van der Waals surface area contributed by atoms with Crippen LogP contribution in [0.5, 0.6) is 5.88 Å². The van der Waals surface area contributed by atoms with Gasteiger partial charge in [-0.1, -0.05) is 12.1 Å². The predicted octanol–water partition coefficient (Wildman–Crippen LogP) is 1.33. The summed E-state index contributed by atoms with van der Waals surface area (Å²) in [6.45, 7) is 7.36. The van der Waals surface area contributed by atoms with Crippen molar-refractivity contribution in [1.29, 1.82) is 0 Å². The molecule has 0 saturated heterocycles. The van der Waals surface area contributed by atoms with Gasteiger partial charge in [0.1, 0.15) is 5.56 Å². The molecule has 0 aliphatic carbocycles. The van der Waals surface area contributed by atoms with E-state index < -0.39 is 23.2 Å². The van der Waals surface area contributed by atoms with Crippen LogP contribution in [0.2, 0.25) is 0 Å². The Labute approximate surface area is 174 Å². The van der Waals surface area contributed by atoms with E-state index in [0.29, 0.717) is 0 Å². The van der Waals surface area contributed by atoms with Gasteiger partial charge in [-0.05, 0) is 31.5 Å². The van der Waals surface area contributed by atoms with Gasteiger partial charge in [0.15, 0.2) is 0 Å². The third kappa shape index (κ3) is 3.51. The quantitative estimate of drug-likeness (QED) is 0.797. The topological polar surface area (TPSA) is 100 Å². The number of benzene rings is 1. The van der Waals surface area contributed by atoms with E-state index in [9.17, 15) is 19.5 Å². The van der Waals surface area contributed by atoms with Crippen LogP contribution in [0, 0.1) is 0 Å². The van der Waals surface area contributed by atoms with Gasteiger partial charge in [0.05, 0.1) is 11.8 Å². The van der Waals surface area contributed by atoms with Crippen molar-refractivity contribution < 1.29 is 9.90 Å². The van der Waals surface area contributed by atoms with Crippen molar-refractivity contribution >= 4 is 17.3 Å². The fourth-order valence-electron chi connectivity index (χ4n) is 3.79. The van der Waals surface area contributed by atoms with Crippen molar-refractivity contribution in [2.24, 2.45) is 19.2 Å². The van der Waals surface area contributed by atoms with Gasteiger partial charge < -0.3 is 10.0 Å². The first-order chi connectivity index (χ1) is 14.2. The Morgan fingerprint density at radius 1 is 1.13 bits per heavy atom. The largest absolute Gasteiger partial charge is 0.494 e. The zero-order valence-corrected chi connectivity index (χ0v) is 17.9. The smallest absolute Gasteiger partial charge is 0.333 e. The van der Waals surface area contributed by atoms with Crippen LogP contribution in [0.25, 0.3) is 0 Å². The second-order valence-corrected chi connectivity index (χ2v) is 7.30. The molecule has 3 rings (SSSR count). The van der Waals surface area contributed by atoms with Gasteiger partial charge in [-0.2, -0.15) is 5.10 Å². The van der Waals surface area contributed by atoms with E-state index in [2.05, 4.69) is 23.8 Å². The Kier molecular flexibility index (Phi) is 5.82. The highest BCUT2D eigenvalue weighted by Crippen LogP contribution is 2.34. The molecule has 1 amide bonds. The Hall–Kier alpha value is -3.36. The van der Waals surface area contributed by atoms with Crippen LogP contribution < -0.4 is 16.1 Å². The van der Waals surface area contributed by atoms with Gasteiger partial charge in [-0.25, -0.2) is 9.80 Å². The normalized spacial score (nSPS) is 16.0. The fourth-order valence-corrected chi connectivity index (χ4v) is 3.79. The summed E-state index contributed by atoms with van der Waals surface area (Å²) in [6, 6.07) is 7.50. The van der Waals surface area contributed by atoms with Crippen molar-refractivity contribution in [2.75, 3.05) is 18.0 Å². The summed E-state index contributed by atoms with van der Waals surface area (Å²) in [4.78, 5) is 39.1. The highest BCUT2D eigenvalue weighted by atomic mass is 16.3. The standard InChI is InChI=1S/C21H27N5O4/c1-6-25(7-2)15-10-8-14(9-11-15)17-12-16(22-26(17)13(3)27)18-19(28)23(4)21(30)24(5)20(18)29/h8-11,17,28H,6-7,12H2,1-5H3/t17-/m1/s1. The number of hydrogen-bond donors (Lipinski definition) is 1. The summed E-state index contributed by atoms with van der Waals surface area (Å²) in [6.07, 6.45) is 0.255. The number of carbonyl (C=O) groups excluding carboxylic acids is 1. The van der Waals surface area contributed by atoms with E-state index in [1.165, 1.54) is 26.0 Å². The molecule has 160 valence electrons. The molecule has 30 heavy (non-hydrogen) atoms. The molecule has 1 atom stereocenters. The van der Waals surface area contributed by atoms with Crippen molar-refractivity contribution in [3.8, 4) is 5.88 Å². The summed E-state index contributed by atoms with van der Waals surface area (Å²) in [5.74, 6) is -0.730. The van der Waals surface area contributed by atoms with E-state index in [1.807, 2.05) is 24.3 Å². The summed E-state index contributed by atoms with van der Waals surface area (Å²) < 4.78 is 1.91. The lowest BCUT2D eigenvalue weighted by Crippen LogP contribution is -2.39. The maximum Gasteiger partial charge on any atom is 0.333 e. The number of aromatic hydroxyl groups is 1. The molecule has 0 radical (unpaired) electrons. The molecule has 9 heteroatoms. The first kappa shape index (κ1) is 21.4. The van der Waals surface area contributed by atoms with Crippen molar-refractivity contribution in [3.63, 3.8) is 0 Å². The first-order valence-corrected chi connectivity index (χ1v) is 9.92. The molecule has 0 fully saturated rings. The number of aromatic nitrogens is 2. The molecule has 1 aromatic carbocycles. The van der Waals surface area contributed by atoms with Crippen LogP contribution in [-0.4, -0.2) is 44.0 Å². The molecule has 2 heterocycles. The summed E-state index contributed by atoms with van der Waals surface area (Å²) in [5, 5.41) is 16.1. The SMILES string of the molecule is CCN(CC)c1ccc([C@H]2CC(c3c(O)n(C)c(=O)n(C)c3=O)=NN2C(C)=O)cc1. The molecule has 1 aliphatic rings. The van der Waals surface area contributed by atoms with Gasteiger partial charge >= 0.3 is 5.69 Å². The molecule has 2 aromatic rings. The zero-order valence-electron chi connectivity index (χ0n) is 17.9. The molecular formula is C21H27N5O4. The number of hydrogen-bond acceptors (Lipinski definition) is 6. The van der Waals surface area contributed by atoms with E-state index in [-0.39, 0.29) is 23.6 Å². The van der Waals surface area contributed by atoms with Crippen LogP contribution in [0.1, 0.15) is 44.4 Å². The lowest BCUT2D eigenvalue weighted by molar-refractivity contribution is -0.130. The number of nitrogens with zero attached hydrogens (tertiary/aromatic N) is 5. The number of carbonyl (C=O) groups is 1. The minimum Gasteiger partial charge on any atom is -0.494 e. The molecule has 1 aromatic heterocycles. The van der Waals surface area contributed by atoms with Crippen LogP contribution >= 0.6 is 0 Å². The second kappa shape index (κ2) is 8.17. The minimum atomic E-state index is -0.643. The van der Waals surface area contributed by atoms with Crippen LogP contribution in [-0.2, 0) is 18.9 Å². The molecule has 0 spiro atoms.